The first-order valence-electron chi connectivity index (χ1n) is 8.55. The van der Waals surface area contributed by atoms with Crippen LogP contribution in [0.4, 0.5) is 0 Å². The number of esters is 2. The summed E-state index contributed by atoms with van der Waals surface area (Å²) in [6.45, 7) is 11.5. The van der Waals surface area contributed by atoms with Crippen LogP contribution in [0.2, 0.25) is 0 Å². The highest BCUT2D eigenvalue weighted by molar-refractivity contribution is 7.11. The molecule has 1 aromatic rings. The van der Waals surface area contributed by atoms with E-state index in [0.29, 0.717) is 30.8 Å². The van der Waals surface area contributed by atoms with Crippen LogP contribution < -0.4 is 0 Å². The number of aryl methyl sites for hydroxylation is 1. The number of carbonyl (C=O) groups is 2. The molecular formula is C19H29NO4S. The molecule has 0 aliphatic heterocycles. The summed E-state index contributed by atoms with van der Waals surface area (Å²) < 4.78 is 9.96. The molecule has 0 fully saturated rings. The van der Waals surface area contributed by atoms with Crippen molar-refractivity contribution >= 4 is 23.3 Å². The molecule has 0 unspecified atom stereocenters. The van der Waals surface area contributed by atoms with Gasteiger partial charge in [0.25, 0.3) is 0 Å². The van der Waals surface area contributed by atoms with E-state index in [1.165, 1.54) is 7.11 Å². The van der Waals surface area contributed by atoms with Crippen LogP contribution in [-0.2, 0) is 25.5 Å². The lowest BCUT2D eigenvalue weighted by molar-refractivity contribution is -0.150. The maximum atomic E-state index is 11.9. The first-order valence-corrected chi connectivity index (χ1v) is 9.36. The van der Waals surface area contributed by atoms with E-state index in [1.807, 2.05) is 27.0 Å². The van der Waals surface area contributed by atoms with Gasteiger partial charge in [-0.1, -0.05) is 13.5 Å². The minimum absolute atomic E-state index is 0.205. The first-order chi connectivity index (χ1) is 11.6. The number of rotatable bonds is 9. The second-order valence-electron chi connectivity index (χ2n) is 7.14. The fraction of sp³-hybridized carbons (Fsp3) is 0.632. The minimum Gasteiger partial charge on any atom is -0.469 e. The number of thiazole rings is 1. The number of hydrogen-bond donors (Lipinski definition) is 0. The molecular weight excluding hydrogens is 338 g/mol. The zero-order valence-electron chi connectivity index (χ0n) is 15.9. The van der Waals surface area contributed by atoms with Gasteiger partial charge in [-0.3, -0.25) is 4.79 Å². The van der Waals surface area contributed by atoms with E-state index < -0.39 is 5.60 Å². The predicted octanol–water partition coefficient (Wildman–Crippen LogP) is 4.42. The Labute approximate surface area is 154 Å². The van der Waals surface area contributed by atoms with Gasteiger partial charge in [-0.25, -0.2) is 9.78 Å². The number of aromatic nitrogens is 1. The second-order valence-corrected chi connectivity index (χ2v) is 8.29. The van der Waals surface area contributed by atoms with Crippen LogP contribution in [0, 0.1) is 0 Å². The van der Waals surface area contributed by atoms with Crippen LogP contribution in [0.1, 0.15) is 69.2 Å². The Morgan fingerprint density at radius 3 is 2.60 bits per heavy atom. The van der Waals surface area contributed by atoms with E-state index in [2.05, 4.69) is 23.2 Å². The summed E-state index contributed by atoms with van der Waals surface area (Å²) in [5.74, 6) is -0.216. The molecule has 5 nitrogen and oxygen atoms in total. The van der Waals surface area contributed by atoms with E-state index in [-0.39, 0.29) is 11.9 Å². The fourth-order valence-corrected chi connectivity index (χ4v) is 3.19. The lowest BCUT2D eigenvalue weighted by Crippen LogP contribution is -2.24. The molecule has 6 heteroatoms. The van der Waals surface area contributed by atoms with Crippen molar-refractivity contribution in [1.82, 2.24) is 4.98 Å². The SMILES string of the molecule is C=C(CCC[C@H](C)c1ncc(CCC(=O)OC)s1)C(=O)OC(C)(C)C. The van der Waals surface area contributed by atoms with Crippen LogP contribution >= 0.6 is 11.3 Å². The molecule has 0 amide bonds. The van der Waals surface area contributed by atoms with Crippen LogP contribution in [0.5, 0.6) is 0 Å². The Morgan fingerprint density at radius 2 is 2.00 bits per heavy atom. The van der Waals surface area contributed by atoms with Crippen LogP contribution in [0.3, 0.4) is 0 Å². The van der Waals surface area contributed by atoms with Gasteiger partial charge in [0.1, 0.15) is 5.60 Å². The number of nitrogens with zero attached hydrogens (tertiary/aromatic N) is 1. The van der Waals surface area contributed by atoms with E-state index in [0.717, 1.165) is 22.7 Å². The summed E-state index contributed by atoms with van der Waals surface area (Å²) in [7, 11) is 1.40. The van der Waals surface area contributed by atoms with Gasteiger partial charge in [0.05, 0.1) is 18.5 Å². The molecule has 1 heterocycles. The molecule has 0 radical (unpaired) electrons. The Kier molecular flexibility index (Phi) is 8.29. The Hall–Kier alpha value is -1.69. The fourth-order valence-electron chi connectivity index (χ4n) is 2.19. The summed E-state index contributed by atoms with van der Waals surface area (Å²) in [6, 6.07) is 0. The summed E-state index contributed by atoms with van der Waals surface area (Å²) in [4.78, 5) is 28.6. The largest absolute Gasteiger partial charge is 0.469 e. The molecule has 25 heavy (non-hydrogen) atoms. The molecule has 0 saturated carbocycles. The van der Waals surface area contributed by atoms with Crippen molar-refractivity contribution in [3.63, 3.8) is 0 Å². The van der Waals surface area contributed by atoms with Gasteiger partial charge < -0.3 is 9.47 Å². The predicted molar refractivity (Wildman–Crippen MR) is 99.7 cm³/mol. The van der Waals surface area contributed by atoms with Crippen molar-refractivity contribution < 1.29 is 19.1 Å². The standard InChI is InChI=1S/C19H29NO4S/c1-13(8-7-9-14(2)18(22)24-19(3,4)5)17-20-12-15(25-17)10-11-16(21)23-6/h12-13H,2,7-11H2,1,3-6H3/t13-/m0/s1. The van der Waals surface area contributed by atoms with Crippen molar-refractivity contribution in [1.29, 1.82) is 0 Å². The number of carbonyl (C=O) groups excluding carboxylic acids is 2. The average molecular weight is 368 g/mol. The van der Waals surface area contributed by atoms with Gasteiger partial charge in [-0.2, -0.15) is 0 Å². The van der Waals surface area contributed by atoms with E-state index in [4.69, 9.17) is 4.74 Å². The normalized spacial score (nSPS) is 12.5. The van der Waals surface area contributed by atoms with Gasteiger partial charge in [-0.15, -0.1) is 11.3 Å². The van der Waals surface area contributed by atoms with E-state index in [1.54, 1.807) is 11.3 Å². The summed E-state index contributed by atoms with van der Waals surface area (Å²) >= 11 is 1.63. The van der Waals surface area contributed by atoms with Crippen molar-refractivity contribution in [2.24, 2.45) is 0 Å². The van der Waals surface area contributed by atoms with Crippen molar-refractivity contribution in [3.8, 4) is 0 Å². The molecule has 0 N–H and O–H groups in total. The summed E-state index contributed by atoms with van der Waals surface area (Å²) in [5.41, 5.74) is 0.0227. The second kappa shape index (κ2) is 9.70. The van der Waals surface area contributed by atoms with Crippen molar-refractivity contribution in [2.45, 2.75) is 71.3 Å². The molecule has 0 bridgehead atoms. The smallest absolute Gasteiger partial charge is 0.333 e. The highest BCUT2D eigenvalue weighted by atomic mass is 32.1. The van der Waals surface area contributed by atoms with Gasteiger partial charge in [-0.05, 0) is 46.5 Å². The highest BCUT2D eigenvalue weighted by Crippen LogP contribution is 2.27. The van der Waals surface area contributed by atoms with Crippen LogP contribution in [-0.4, -0.2) is 29.6 Å². The third-order valence-electron chi connectivity index (χ3n) is 3.60. The zero-order valence-corrected chi connectivity index (χ0v) is 16.7. The van der Waals surface area contributed by atoms with Crippen molar-refractivity contribution in [3.05, 3.63) is 28.2 Å². The maximum absolute atomic E-state index is 11.9. The van der Waals surface area contributed by atoms with Crippen molar-refractivity contribution in [2.75, 3.05) is 7.11 Å². The molecule has 140 valence electrons. The topological polar surface area (TPSA) is 65.5 Å². The molecule has 1 atom stereocenters. The zero-order chi connectivity index (χ0) is 19.0. The first kappa shape index (κ1) is 21.4. The van der Waals surface area contributed by atoms with Gasteiger partial charge in [0.15, 0.2) is 0 Å². The Bertz CT molecular complexity index is 601. The molecule has 0 aliphatic rings. The lowest BCUT2D eigenvalue weighted by Gasteiger charge is -2.20. The van der Waals surface area contributed by atoms with Crippen LogP contribution in [0.25, 0.3) is 0 Å². The third kappa shape index (κ3) is 8.29. The van der Waals surface area contributed by atoms with Gasteiger partial charge in [0, 0.05) is 22.6 Å². The summed E-state index contributed by atoms with van der Waals surface area (Å²) in [5, 5.41) is 1.06. The monoisotopic (exact) mass is 367 g/mol. The Morgan fingerprint density at radius 1 is 1.32 bits per heavy atom. The number of hydrogen-bond acceptors (Lipinski definition) is 6. The molecule has 0 aliphatic carbocycles. The van der Waals surface area contributed by atoms with Crippen LogP contribution in [0.15, 0.2) is 18.3 Å². The quantitative estimate of drug-likeness (QED) is 0.477. The summed E-state index contributed by atoms with van der Waals surface area (Å²) in [6.07, 6.45) is 5.27. The lowest BCUT2D eigenvalue weighted by atomic mass is 10.0. The van der Waals surface area contributed by atoms with Gasteiger partial charge >= 0.3 is 11.9 Å². The van der Waals surface area contributed by atoms with Gasteiger partial charge in [0.2, 0.25) is 0 Å². The molecule has 0 saturated heterocycles. The molecule has 0 spiro atoms. The molecule has 0 aromatic carbocycles. The average Bonchev–Trinajstić information content (AvgIpc) is 2.99. The maximum Gasteiger partial charge on any atom is 0.333 e. The van der Waals surface area contributed by atoms with E-state index >= 15 is 0 Å². The molecule has 1 aromatic heterocycles. The Balaban J connectivity index is 2.38. The van der Waals surface area contributed by atoms with E-state index in [9.17, 15) is 9.59 Å². The minimum atomic E-state index is -0.491. The third-order valence-corrected chi connectivity index (χ3v) is 4.89. The number of methoxy groups -OCH3 is 1. The number of ether oxygens (including phenoxy) is 2. The molecule has 1 rings (SSSR count). The highest BCUT2D eigenvalue weighted by Gasteiger charge is 2.19.